The molecule has 0 radical (unpaired) electrons. The fourth-order valence-electron chi connectivity index (χ4n) is 2.71. The second kappa shape index (κ2) is 7.91. The number of hydrogen-bond donors (Lipinski definition) is 2. The fourth-order valence-corrected chi connectivity index (χ4v) is 2.98. The molecule has 0 bridgehead atoms. The molecule has 3 rings (SSSR count). The third-order valence-corrected chi connectivity index (χ3v) is 4.69. The average molecular weight is 416 g/mol. The molecule has 2 N–H and O–H groups in total. The van der Waals surface area contributed by atoms with Crippen LogP contribution in [-0.4, -0.2) is 22.0 Å². The number of aromatic amines is 1. The molecule has 6 heteroatoms. The third kappa shape index (κ3) is 4.25. The van der Waals surface area contributed by atoms with Crippen molar-refractivity contribution in [3.8, 4) is 5.75 Å². The Labute approximate surface area is 161 Å². The molecule has 5 nitrogen and oxygen atoms in total. The highest BCUT2D eigenvalue weighted by molar-refractivity contribution is 9.10. The summed E-state index contributed by atoms with van der Waals surface area (Å²) in [5.41, 5.74) is 1.85. The second-order valence-electron chi connectivity index (χ2n) is 6.58. The summed E-state index contributed by atoms with van der Waals surface area (Å²) in [6.07, 6.45) is -0.609. The van der Waals surface area contributed by atoms with Crippen LogP contribution in [0.4, 0.5) is 0 Å². The number of H-pyrrole nitrogens is 1. The zero-order chi connectivity index (χ0) is 18.7. The van der Waals surface area contributed by atoms with E-state index in [1.165, 1.54) is 0 Å². The van der Waals surface area contributed by atoms with E-state index in [1.54, 1.807) is 6.92 Å². The first-order valence-corrected chi connectivity index (χ1v) is 9.40. The first kappa shape index (κ1) is 18.5. The van der Waals surface area contributed by atoms with E-state index >= 15 is 0 Å². The molecule has 0 saturated heterocycles. The average Bonchev–Trinajstić information content (AvgIpc) is 3.04. The van der Waals surface area contributed by atoms with Gasteiger partial charge in [-0.25, -0.2) is 4.98 Å². The zero-order valence-electron chi connectivity index (χ0n) is 15.0. The van der Waals surface area contributed by atoms with E-state index < -0.39 is 6.10 Å². The number of benzene rings is 2. The number of fused-ring (bicyclic) bond motifs is 1. The van der Waals surface area contributed by atoms with Gasteiger partial charge in [0.05, 0.1) is 17.1 Å². The van der Waals surface area contributed by atoms with Gasteiger partial charge in [-0.3, -0.25) is 4.79 Å². The van der Waals surface area contributed by atoms with Gasteiger partial charge in [0, 0.05) is 4.47 Å². The monoisotopic (exact) mass is 415 g/mol. The van der Waals surface area contributed by atoms with Gasteiger partial charge in [0.2, 0.25) is 0 Å². The molecule has 0 aliphatic rings. The maximum atomic E-state index is 12.6. The van der Waals surface area contributed by atoms with Crippen molar-refractivity contribution in [2.45, 2.75) is 32.9 Å². The number of hydrogen-bond acceptors (Lipinski definition) is 3. The number of aromatic nitrogens is 2. The number of imidazole rings is 1. The van der Waals surface area contributed by atoms with Crippen molar-refractivity contribution in [2.24, 2.45) is 5.92 Å². The summed E-state index contributed by atoms with van der Waals surface area (Å²) in [6, 6.07) is 15.0. The van der Waals surface area contributed by atoms with Crippen molar-refractivity contribution in [2.75, 3.05) is 0 Å². The maximum absolute atomic E-state index is 12.6. The number of halogens is 1. The van der Waals surface area contributed by atoms with Crippen LogP contribution in [0.5, 0.6) is 5.75 Å². The number of rotatable bonds is 6. The molecule has 0 spiro atoms. The molecule has 0 fully saturated rings. The molecule has 1 aromatic heterocycles. The summed E-state index contributed by atoms with van der Waals surface area (Å²) in [6.45, 7) is 5.85. The number of ether oxygens (including phenoxy) is 1. The van der Waals surface area contributed by atoms with Gasteiger partial charge in [0.25, 0.3) is 5.91 Å². The molecule has 2 atom stereocenters. The van der Waals surface area contributed by atoms with Crippen LogP contribution in [0.15, 0.2) is 53.0 Å². The summed E-state index contributed by atoms with van der Waals surface area (Å²) in [4.78, 5) is 20.6. The predicted molar refractivity (Wildman–Crippen MR) is 106 cm³/mol. The Morgan fingerprint density at radius 3 is 2.46 bits per heavy atom. The highest BCUT2D eigenvalue weighted by Gasteiger charge is 2.25. The van der Waals surface area contributed by atoms with Gasteiger partial charge >= 0.3 is 0 Å². The summed E-state index contributed by atoms with van der Waals surface area (Å²) in [7, 11) is 0. The first-order chi connectivity index (χ1) is 12.4. The van der Waals surface area contributed by atoms with Crippen molar-refractivity contribution in [1.29, 1.82) is 0 Å². The molecule has 26 heavy (non-hydrogen) atoms. The highest BCUT2D eigenvalue weighted by Crippen LogP contribution is 2.23. The van der Waals surface area contributed by atoms with Gasteiger partial charge in [-0.2, -0.15) is 0 Å². The Morgan fingerprint density at radius 1 is 1.12 bits per heavy atom. The molecular formula is C20H22BrN3O2. The maximum Gasteiger partial charge on any atom is 0.261 e. The smallest absolute Gasteiger partial charge is 0.261 e. The van der Waals surface area contributed by atoms with E-state index in [-0.39, 0.29) is 17.9 Å². The van der Waals surface area contributed by atoms with E-state index in [9.17, 15) is 4.79 Å². The minimum atomic E-state index is -0.609. The first-order valence-electron chi connectivity index (χ1n) is 8.61. The SMILES string of the molecule is CC(C)[C@H](NC(=O)[C@H](C)Oc1ccc(Br)cc1)c1nc2ccccc2[nH]1. The summed E-state index contributed by atoms with van der Waals surface area (Å²) in [5.74, 6) is 1.41. The van der Waals surface area contributed by atoms with Crippen LogP contribution >= 0.6 is 15.9 Å². The topological polar surface area (TPSA) is 67.0 Å². The number of carbonyl (C=O) groups is 1. The second-order valence-corrected chi connectivity index (χ2v) is 7.50. The van der Waals surface area contributed by atoms with E-state index in [1.807, 2.05) is 48.5 Å². The summed E-state index contributed by atoms with van der Waals surface area (Å²) in [5, 5.41) is 3.06. The minimum Gasteiger partial charge on any atom is -0.481 e. The van der Waals surface area contributed by atoms with Crippen LogP contribution in [0.1, 0.15) is 32.6 Å². The van der Waals surface area contributed by atoms with Crippen LogP contribution in [0.2, 0.25) is 0 Å². The van der Waals surface area contributed by atoms with Gasteiger partial charge in [0.15, 0.2) is 6.10 Å². The number of carbonyl (C=O) groups excluding carboxylic acids is 1. The zero-order valence-corrected chi connectivity index (χ0v) is 16.6. The van der Waals surface area contributed by atoms with Crippen molar-refractivity contribution < 1.29 is 9.53 Å². The van der Waals surface area contributed by atoms with Crippen molar-refractivity contribution in [3.63, 3.8) is 0 Å². The number of para-hydroxylation sites is 2. The number of nitrogens with one attached hydrogen (secondary N) is 2. The molecule has 2 aromatic carbocycles. The van der Waals surface area contributed by atoms with Crippen molar-refractivity contribution >= 4 is 32.9 Å². The largest absolute Gasteiger partial charge is 0.481 e. The Kier molecular flexibility index (Phi) is 5.61. The lowest BCUT2D eigenvalue weighted by Gasteiger charge is -2.23. The Balaban J connectivity index is 1.72. The van der Waals surface area contributed by atoms with Crippen LogP contribution in [0.3, 0.4) is 0 Å². The number of nitrogens with zero attached hydrogens (tertiary/aromatic N) is 1. The predicted octanol–water partition coefficient (Wildman–Crippen LogP) is 4.61. The Morgan fingerprint density at radius 2 is 1.81 bits per heavy atom. The quantitative estimate of drug-likeness (QED) is 0.617. The molecule has 0 saturated carbocycles. The molecule has 1 amide bonds. The molecule has 1 heterocycles. The fraction of sp³-hybridized carbons (Fsp3) is 0.300. The van der Waals surface area contributed by atoms with Gasteiger partial charge in [-0.05, 0) is 49.2 Å². The van der Waals surface area contributed by atoms with Gasteiger partial charge in [-0.1, -0.05) is 41.9 Å². The highest BCUT2D eigenvalue weighted by atomic mass is 79.9. The van der Waals surface area contributed by atoms with Crippen LogP contribution in [0, 0.1) is 5.92 Å². The Hall–Kier alpha value is -2.34. The number of amides is 1. The lowest BCUT2D eigenvalue weighted by molar-refractivity contribution is -0.128. The van der Waals surface area contributed by atoms with Gasteiger partial charge < -0.3 is 15.0 Å². The van der Waals surface area contributed by atoms with Crippen LogP contribution < -0.4 is 10.1 Å². The van der Waals surface area contributed by atoms with E-state index in [2.05, 4.69) is 45.1 Å². The molecular weight excluding hydrogens is 394 g/mol. The Bertz CT molecular complexity index is 856. The molecule has 0 unspecified atom stereocenters. The van der Waals surface area contributed by atoms with E-state index in [4.69, 9.17) is 4.74 Å². The van der Waals surface area contributed by atoms with Crippen LogP contribution in [0.25, 0.3) is 11.0 Å². The standard InChI is InChI=1S/C20H22BrN3O2/c1-12(2)18(19-22-16-6-4-5-7-17(16)23-19)24-20(25)13(3)26-15-10-8-14(21)9-11-15/h4-13,18H,1-3H3,(H,22,23)(H,24,25)/t13-,18-/m0/s1. The van der Waals surface area contributed by atoms with E-state index in [0.717, 1.165) is 21.3 Å². The van der Waals surface area contributed by atoms with E-state index in [0.29, 0.717) is 5.75 Å². The molecule has 0 aliphatic heterocycles. The van der Waals surface area contributed by atoms with Crippen LogP contribution in [-0.2, 0) is 4.79 Å². The minimum absolute atomic E-state index is 0.174. The van der Waals surface area contributed by atoms with Gasteiger partial charge in [0.1, 0.15) is 11.6 Å². The van der Waals surface area contributed by atoms with Gasteiger partial charge in [-0.15, -0.1) is 0 Å². The molecule has 0 aliphatic carbocycles. The van der Waals surface area contributed by atoms with Crippen molar-refractivity contribution in [1.82, 2.24) is 15.3 Å². The third-order valence-electron chi connectivity index (χ3n) is 4.16. The van der Waals surface area contributed by atoms with Crippen molar-refractivity contribution in [3.05, 3.63) is 58.8 Å². The summed E-state index contributed by atoms with van der Waals surface area (Å²) >= 11 is 3.38. The normalized spacial score (nSPS) is 13.6. The molecule has 136 valence electrons. The lowest BCUT2D eigenvalue weighted by Crippen LogP contribution is -2.40. The summed E-state index contributed by atoms with van der Waals surface area (Å²) < 4.78 is 6.71. The molecule has 3 aromatic rings. The lowest BCUT2D eigenvalue weighted by atomic mass is 10.0.